The quantitative estimate of drug-likeness (QED) is 0.474. The van der Waals surface area contributed by atoms with Gasteiger partial charge in [-0.3, -0.25) is 0 Å². The van der Waals surface area contributed by atoms with E-state index in [0.717, 1.165) is 0 Å². The minimum Gasteiger partial charge on any atom is -0.199 e. The zero-order chi connectivity index (χ0) is 8.15. The Labute approximate surface area is 71.2 Å². The van der Waals surface area contributed by atoms with Gasteiger partial charge in [-0.2, -0.15) is 17.6 Å². The maximum absolute atomic E-state index is 12.1. The third-order valence-electron chi connectivity index (χ3n) is 1.39. The van der Waals surface area contributed by atoms with Crippen LogP contribution in [0.2, 0.25) is 0 Å². The molecule has 0 bridgehead atoms. The molecule has 10 heavy (non-hydrogen) atoms. The number of halogens is 6. The molecule has 0 N–H and O–H groups in total. The van der Waals surface area contributed by atoms with Gasteiger partial charge in [-0.05, 0) is 0 Å². The van der Waals surface area contributed by atoms with Crippen molar-refractivity contribution in [2.24, 2.45) is 0 Å². The van der Waals surface area contributed by atoms with Crippen LogP contribution in [0, 0.1) is 0 Å². The molecule has 1 aliphatic rings. The second kappa shape index (κ2) is 2.09. The Morgan fingerprint density at radius 3 is 1.10 bits per heavy atom. The molecule has 1 fully saturated rings. The van der Waals surface area contributed by atoms with Crippen molar-refractivity contribution in [3.05, 3.63) is 0 Å². The van der Waals surface area contributed by atoms with Crippen LogP contribution < -0.4 is 0 Å². The molecule has 1 rings (SSSR count). The number of alkyl halides is 6. The average molecular weight is 286 g/mol. The van der Waals surface area contributed by atoms with Gasteiger partial charge in [-0.15, -0.1) is 0 Å². The summed E-state index contributed by atoms with van der Waals surface area (Å²) in [7, 11) is 0. The topological polar surface area (TPSA) is 0 Å². The summed E-state index contributed by atoms with van der Waals surface area (Å²) in [4.78, 5) is -2.93. The van der Waals surface area contributed by atoms with Gasteiger partial charge in [0.15, 0.2) is 0 Å². The van der Waals surface area contributed by atoms with E-state index in [1.165, 1.54) is 0 Å². The molecule has 0 saturated heterocycles. The van der Waals surface area contributed by atoms with Crippen LogP contribution in [0.3, 0.4) is 0 Å². The Hall–Kier alpha value is 0.680. The van der Waals surface area contributed by atoms with E-state index in [4.69, 9.17) is 0 Å². The van der Waals surface area contributed by atoms with Crippen molar-refractivity contribution in [3.63, 3.8) is 0 Å². The highest BCUT2D eigenvalue weighted by atomic mass is 79.9. The van der Waals surface area contributed by atoms with Crippen LogP contribution in [0.15, 0.2) is 0 Å². The fourth-order valence-corrected chi connectivity index (χ4v) is 1.91. The third kappa shape index (κ3) is 0.776. The number of rotatable bonds is 0. The van der Waals surface area contributed by atoms with Crippen molar-refractivity contribution in [3.8, 4) is 0 Å². The largest absolute Gasteiger partial charge is 0.324 e. The molecular formula is C4H2Br2F4. The summed E-state index contributed by atoms with van der Waals surface area (Å²) in [6, 6.07) is 0. The van der Waals surface area contributed by atoms with Gasteiger partial charge in [0.1, 0.15) is 9.65 Å². The second-order valence-electron chi connectivity index (χ2n) is 2.05. The Morgan fingerprint density at radius 2 is 1.00 bits per heavy atom. The lowest BCUT2D eigenvalue weighted by molar-refractivity contribution is -0.260. The van der Waals surface area contributed by atoms with E-state index < -0.39 is 21.5 Å². The van der Waals surface area contributed by atoms with Gasteiger partial charge >= 0.3 is 11.8 Å². The van der Waals surface area contributed by atoms with Crippen molar-refractivity contribution in [2.45, 2.75) is 21.5 Å². The molecular weight excluding hydrogens is 284 g/mol. The predicted molar refractivity (Wildman–Crippen MR) is 35.3 cm³/mol. The van der Waals surface area contributed by atoms with Crippen molar-refractivity contribution >= 4 is 31.9 Å². The van der Waals surface area contributed by atoms with Crippen LogP contribution in [0.4, 0.5) is 17.6 Å². The lowest BCUT2D eigenvalue weighted by Gasteiger charge is -2.45. The van der Waals surface area contributed by atoms with Crippen molar-refractivity contribution < 1.29 is 17.6 Å². The highest BCUT2D eigenvalue weighted by molar-refractivity contribution is 9.12. The van der Waals surface area contributed by atoms with Crippen LogP contribution in [0.5, 0.6) is 0 Å². The molecule has 0 aromatic carbocycles. The molecule has 0 aromatic heterocycles. The van der Waals surface area contributed by atoms with Gasteiger partial charge in [0.05, 0.1) is 0 Å². The molecule has 0 amide bonds. The Kier molecular flexibility index (Phi) is 1.83. The minimum atomic E-state index is -3.92. The van der Waals surface area contributed by atoms with Crippen LogP contribution in [-0.2, 0) is 0 Å². The molecule has 0 radical (unpaired) electrons. The Bertz CT molecular complexity index is 139. The summed E-state index contributed by atoms with van der Waals surface area (Å²) < 4.78 is 48.5. The van der Waals surface area contributed by atoms with E-state index >= 15 is 0 Å². The Morgan fingerprint density at radius 1 is 0.800 bits per heavy atom. The summed E-state index contributed by atoms with van der Waals surface area (Å²) in [6.45, 7) is 0. The van der Waals surface area contributed by atoms with E-state index in [0.29, 0.717) is 0 Å². The molecule has 6 heteroatoms. The lowest BCUT2D eigenvalue weighted by atomic mass is 9.89. The van der Waals surface area contributed by atoms with E-state index in [-0.39, 0.29) is 0 Å². The van der Waals surface area contributed by atoms with Crippen molar-refractivity contribution in [2.75, 3.05) is 0 Å². The van der Waals surface area contributed by atoms with Crippen LogP contribution in [-0.4, -0.2) is 21.5 Å². The highest BCUT2D eigenvalue weighted by Crippen LogP contribution is 2.57. The molecule has 0 heterocycles. The molecule has 0 spiro atoms. The van der Waals surface area contributed by atoms with Crippen LogP contribution in [0.1, 0.15) is 0 Å². The minimum absolute atomic E-state index is 1.46. The average Bonchev–Trinajstić information content (AvgIpc) is 1.84. The first-order valence-corrected chi connectivity index (χ1v) is 4.18. The standard InChI is InChI=1S/C4H2Br2F4/c5-1-2(6)4(9,10)3(1,7)8/h1-2H. The molecule has 0 nitrogen and oxygen atoms in total. The maximum atomic E-state index is 12.1. The first kappa shape index (κ1) is 8.77. The second-order valence-corrected chi connectivity index (χ2v) is 4.02. The summed E-state index contributed by atoms with van der Waals surface area (Å²) in [5.41, 5.74) is 0. The first-order valence-electron chi connectivity index (χ1n) is 2.35. The molecule has 1 saturated carbocycles. The van der Waals surface area contributed by atoms with Gasteiger partial charge in [0, 0.05) is 0 Å². The summed E-state index contributed by atoms with van der Waals surface area (Å²) >= 11 is 4.89. The zero-order valence-corrected chi connectivity index (χ0v) is 7.59. The fraction of sp³-hybridized carbons (Fsp3) is 1.00. The molecule has 2 atom stereocenters. The summed E-state index contributed by atoms with van der Waals surface area (Å²) in [6.07, 6.45) is 0. The van der Waals surface area contributed by atoms with E-state index in [2.05, 4.69) is 31.9 Å². The first-order chi connectivity index (χ1) is 4.32. The predicted octanol–water partition coefficient (Wildman–Crippen LogP) is 2.80. The van der Waals surface area contributed by atoms with Gasteiger partial charge in [0.25, 0.3) is 0 Å². The van der Waals surface area contributed by atoms with Crippen molar-refractivity contribution in [1.82, 2.24) is 0 Å². The van der Waals surface area contributed by atoms with Gasteiger partial charge < -0.3 is 0 Å². The number of hydrogen-bond acceptors (Lipinski definition) is 0. The highest BCUT2D eigenvalue weighted by Gasteiger charge is 2.77. The summed E-state index contributed by atoms with van der Waals surface area (Å²) in [5, 5.41) is 0. The smallest absolute Gasteiger partial charge is 0.199 e. The van der Waals surface area contributed by atoms with Crippen LogP contribution >= 0.6 is 31.9 Å². The van der Waals surface area contributed by atoms with E-state index in [1.807, 2.05) is 0 Å². The van der Waals surface area contributed by atoms with Gasteiger partial charge in [-0.25, -0.2) is 0 Å². The lowest BCUT2D eigenvalue weighted by Crippen LogP contribution is -2.68. The van der Waals surface area contributed by atoms with Crippen LogP contribution in [0.25, 0.3) is 0 Å². The van der Waals surface area contributed by atoms with Gasteiger partial charge in [-0.1, -0.05) is 31.9 Å². The monoisotopic (exact) mass is 284 g/mol. The Balaban J connectivity index is 2.82. The van der Waals surface area contributed by atoms with E-state index in [9.17, 15) is 17.6 Å². The zero-order valence-electron chi connectivity index (χ0n) is 4.42. The van der Waals surface area contributed by atoms with E-state index in [1.54, 1.807) is 0 Å². The van der Waals surface area contributed by atoms with Crippen molar-refractivity contribution in [1.29, 1.82) is 0 Å². The normalized spacial score (nSPS) is 42.6. The maximum Gasteiger partial charge on any atom is 0.324 e. The molecule has 2 unspecified atom stereocenters. The molecule has 0 aliphatic heterocycles. The molecule has 1 aliphatic carbocycles. The fourth-order valence-electron chi connectivity index (χ4n) is 0.639. The third-order valence-corrected chi connectivity index (χ3v) is 4.31. The molecule has 0 aromatic rings. The SMILES string of the molecule is FC1(F)C(Br)C(Br)C1(F)F. The number of hydrogen-bond donors (Lipinski definition) is 0. The summed E-state index contributed by atoms with van der Waals surface area (Å²) in [5.74, 6) is -7.83. The molecule has 60 valence electrons. The van der Waals surface area contributed by atoms with Gasteiger partial charge in [0.2, 0.25) is 0 Å².